The maximum Gasteiger partial charge on any atom is 0.331 e. The Bertz CT molecular complexity index is 1080. The number of hydrogen-bond donors (Lipinski definition) is 2. The minimum atomic E-state index is -0.578. The molecule has 7 nitrogen and oxygen atoms in total. The van der Waals surface area contributed by atoms with E-state index in [1.807, 2.05) is 37.3 Å². The van der Waals surface area contributed by atoms with Crippen molar-refractivity contribution in [3.63, 3.8) is 0 Å². The Morgan fingerprint density at radius 1 is 1.07 bits per heavy atom. The molecule has 0 radical (unpaired) electrons. The molecule has 0 aliphatic carbocycles. The smallest absolute Gasteiger partial charge is 0.331 e. The number of phenols is 1. The summed E-state index contributed by atoms with van der Waals surface area (Å²) in [5, 5.41) is 12.4. The van der Waals surface area contributed by atoms with Crippen LogP contribution in [0.15, 0.2) is 70.4 Å². The minimum absolute atomic E-state index is 0.0785. The van der Waals surface area contributed by atoms with Crippen LogP contribution in [0.2, 0.25) is 0 Å². The number of nitrogens with one attached hydrogen (secondary N) is 1. The van der Waals surface area contributed by atoms with Gasteiger partial charge in [0.1, 0.15) is 12.3 Å². The van der Waals surface area contributed by atoms with Crippen LogP contribution in [0.5, 0.6) is 5.75 Å². The molecule has 7 heteroatoms. The third-order valence-electron chi connectivity index (χ3n) is 4.06. The highest BCUT2D eigenvalue weighted by molar-refractivity contribution is 5.92. The molecule has 3 aromatic rings. The van der Waals surface area contributed by atoms with Crippen molar-refractivity contribution in [3.8, 4) is 5.75 Å². The topological polar surface area (TPSA) is 93.3 Å². The van der Waals surface area contributed by atoms with Crippen molar-refractivity contribution >= 4 is 11.6 Å². The maximum absolute atomic E-state index is 12.6. The van der Waals surface area contributed by atoms with Gasteiger partial charge in [0, 0.05) is 12.3 Å². The van der Waals surface area contributed by atoms with E-state index in [2.05, 4.69) is 5.32 Å². The average Bonchev–Trinajstić information content (AvgIpc) is 2.64. The third-order valence-corrected chi connectivity index (χ3v) is 4.06. The lowest BCUT2D eigenvalue weighted by atomic mass is 10.2. The van der Waals surface area contributed by atoms with Crippen molar-refractivity contribution in [2.75, 3.05) is 5.32 Å². The Morgan fingerprint density at radius 3 is 2.52 bits per heavy atom. The molecule has 0 spiro atoms. The van der Waals surface area contributed by atoms with Crippen molar-refractivity contribution in [3.05, 3.63) is 92.8 Å². The van der Waals surface area contributed by atoms with E-state index < -0.39 is 23.7 Å². The van der Waals surface area contributed by atoms with Gasteiger partial charge in [0.2, 0.25) is 5.91 Å². The van der Waals surface area contributed by atoms with E-state index in [9.17, 15) is 19.5 Å². The van der Waals surface area contributed by atoms with Gasteiger partial charge in [0.15, 0.2) is 0 Å². The van der Waals surface area contributed by atoms with Gasteiger partial charge in [0.05, 0.1) is 12.2 Å². The third kappa shape index (κ3) is 4.33. The Kier molecular flexibility index (Phi) is 5.21. The zero-order valence-corrected chi connectivity index (χ0v) is 14.8. The van der Waals surface area contributed by atoms with Gasteiger partial charge in [-0.1, -0.05) is 36.4 Å². The molecule has 0 bridgehead atoms. The number of anilines is 1. The SMILES string of the molecule is Cc1ccc(NC(=O)Cn2c(=O)ccn(Cc3ccccc3)c2=O)c(O)c1. The summed E-state index contributed by atoms with van der Waals surface area (Å²) in [6, 6.07) is 15.4. The number of hydrogen-bond acceptors (Lipinski definition) is 4. The van der Waals surface area contributed by atoms with Gasteiger partial charge >= 0.3 is 5.69 Å². The molecule has 0 aliphatic heterocycles. The van der Waals surface area contributed by atoms with Gasteiger partial charge < -0.3 is 10.4 Å². The molecule has 2 N–H and O–H groups in total. The number of aromatic nitrogens is 2. The van der Waals surface area contributed by atoms with Gasteiger partial charge in [-0.15, -0.1) is 0 Å². The summed E-state index contributed by atoms with van der Waals surface area (Å²) in [5.41, 5.74) is 0.828. The van der Waals surface area contributed by atoms with E-state index in [-0.39, 0.29) is 11.4 Å². The molecule has 0 fully saturated rings. The molecule has 3 rings (SSSR count). The lowest BCUT2D eigenvalue weighted by Gasteiger charge is -2.11. The number of amides is 1. The number of rotatable bonds is 5. The van der Waals surface area contributed by atoms with Crippen LogP contribution in [0.1, 0.15) is 11.1 Å². The van der Waals surface area contributed by atoms with Gasteiger partial charge in [-0.3, -0.25) is 18.7 Å². The summed E-state index contributed by atoms with van der Waals surface area (Å²) < 4.78 is 2.23. The molecule has 1 heterocycles. The summed E-state index contributed by atoms with van der Waals surface area (Å²) >= 11 is 0. The second kappa shape index (κ2) is 7.74. The Morgan fingerprint density at radius 2 is 1.81 bits per heavy atom. The second-order valence-electron chi connectivity index (χ2n) is 6.20. The molecule has 138 valence electrons. The molecular formula is C20H19N3O4. The number of carbonyl (C=O) groups is 1. The van der Waals surface area contributed by atoms with Crippen molar-refractivity contribution in [2.45, 2.75) is 20.0 Å². The van der Waals surface area contributed by atoms with Crippen LogP contribution in [0, 0.1) is 6.92 Å². The molecule has 0 saturated carbocycles. The summed E-state index contributed by atoms with van der Waals surface area (Å²) in [6.07, 6.45) is 1.41. The van der Waals surface area contributed by atoms with Crippen LogP contribution in [-0.4, -0.2) is 20.1 Å². The van der Waals surface area contributed by atoms with Gasteiger partial charge in [-0.25, -0.2) is 4.79 Å². The monoisotopic (exact) mass is 365 g/mol. The first kappa shape index (κ1) is 18.2. The molecule has 1 aromatic heterocycles. The second-order valence-corrected chi connectivity index (χ2v) is 6.20. The molecule has 0 atom stereocenters. The standard InChI is InChI=1S/C20H19N3O4/c1-14-7-8-16(17(24)11-14)21-18(25)13-23-19(26)9-10-22(20(23)27)12-15-5-3-2-4-6-15/h2-11,24H,12-13H2,1H3,(H,21,25). The first-order valence-corrected chi connectivity index (χ1v) is 8.38. The number of benzene rings is 2. The van der Waals surface area contributed by atoms with Crippen LogP contribution >= 0.6 is 0 Å². The van der Waals surface area contributed by atoms with Crippen molar-refractivity contribution in [2.24, 2.45) is 0 Å². The fourth-order valence-electron chi connectivity index (χ4n) is 2.68. The molecule has 1 amide bonds. The predicted octanol–water partition coefficient (Wildman–Crippen LogP) is 1.71. The zero-order chi connectivity index (χ0) is 19.4. The van der Waals surface area contributed by atoms with E-state index in [0.717, 1.165) is 15.7 Å². The van der Waals surface area contributed by atoms with E-state index in [1.54, 1.807) is 12.1 Å². The average molecular weight is 365 g/mol. The van der Waals surface area contributed by atoms with Crippen LogP contribution in [0.4, 0.5) is 5.69 Å². The first-order chi connectivity index (χ1) is 12.9. The molecule has 0 aliphatic rings. The van der Waals surface area contributed by atoms with E-state index in [1.165, 1.54) is 22.9 Å². The summed E-state index contributed by atoms with van der Waals surface area (Å²) in [7, 11) is 0. The van der Waals surface area contributed by atoms with Gasteiger partial charge in [0.25, 0.3) is 5.56 Å². The number of aromatic hydroxyl groups is 1. The highest BCUT2D eigenvalue weighted by Crippen LogP contribution is 2.23. The van der Waals surface area contributed by atoms with Gasteiger partial charge in [-0.05, 0) is 30.2 Å². The lowest BCUT2D eigenvalue weighted by Crippen LogP contribution is -2.41. The quantitative estimate of drug-likeness (QED) is 0.673. The van der Waals surface area contributed by atoms with E-state index in [0.29, 0.717) is 6.54 Å². The molecule has 2 aromatic carbocycles. The molecule has 0 unspecified atom stereocenters. The van der Waals surface area contributed by atoms with Crippen LogP contribution in [0.3, 0.4) is 0 Å². The molecule has 0 saturated heterocycles. The minimum Gasteiger partial charge on any atom is -0.506 e. The van der Waals surface area contributed by atoms with Crippen LogP contribution < -0.4 is 16.6 Å². The fourth-order valence-corrected chi connectivity index (χ4v) is 2.68. The van der Waals surface area contributed by atoms with Crippen LogP contribution in [-0.2, 0) is 17.9 Å². The number of phenolic OH excluding ortho intramolecular Hbond substituents is 1. The summed E-state index contributed by atoms with van der Waals surface area (Å²) in [6.45, 7) is 1.66. The van der Waals surface area contributed by atoms with Crippen molar-refractivity contribution in [1.82, 2.24) is 9.13 Å². The van der Waals surface area contributed by atoms with Crippen molar-refractivity contribution in [1.29, 1.82) is 0 Å². The zero-order valence-electron chi connectivity index (χ0n) is 14.8. The van der Waals surface area contributed by atoms with Crippen LogP contribution in [0.25, 0.3) is 0 Å². The summed E-state index contributed by atoms with van der Waals surface area (Å²) in [5.74, 6) is -0.656. The van der Waals surface area contributed by atoms with E-state index >= 15 is 0 Å². The largest absolute Gasteiger partial charge is 0.506 e. The normalized spacial score (nSPS) is 10.6. The fraction of sp³-hybridized carbons (Fsp3) is 0.150. The first-order valence-electron chi connectivity index (χ1n) is 8.38. The highest BCUT2D eigenvalue weighted by Gasteiger charge is 2.12. The lowest BCUT2D eigenvalue weighted by molar-refractivity contribution is -0.116. The summed E-state index contributed by atoms with van der Waals surface area (Å²) in [4.78, 5) is 36.9. The Labute approximate surface area is 155 Å². The Hall–Kier alpha value is -3.61. The van der Waals surface area contributed by atoms with Crippen molar-refractivity contribution < 1.29 is 9.90 Å². The number of nitrogens with zero attached hydrogens (tertiary/aromatic N) is 2. The molecule has 27 heavy (non-hydrogen) atoms. The van der Waals surface area contributed by atoms with E-state index in [4.69, 9.17) is 0 Å². The molecular weight excluding hydrogens is 346 g/mol. The predicted molar refractivity (Wildman–Crippen MR) is 102 cm³/mol. The number of carbonyl (C=O) groups excluding carboxylic acids is 1. The Balaban J connectivity index is 1.81. The maximum atomic E-state index is 12.6. The number of aryl methyl sites for hydroxylation is 1. The van der Waals surface area contributed by atoms with Gasteiger partial charge in [-0.2, -0.15) is 0 Å². The highest BCUT2D eigenvalue weighted by atomic mass is 16.3.